The molecule has 1 aliphatic heterocycles. The van der Waals surface area contributed by atoms with Crippen LogP contribution in [0.2, 0.25) is 25.1 Å². The highest BCUT2D eigenvalue weighted by molar-refractivity contribution is 6.57. The molecule has 5 aromatic rings. The number of halogens is 15. The van der Waals surface area contributed by atoms with E-state index in [1.165, 1.54) is 0 Å². The molecule has 5 atom stereocenters. The summed E-state index contributed by atoms with van der Waals surface area (Å²) in [5.74, 6) is -1.36. The Bertz CT molecular complexity index is 2400. The highest BCUT2D eigenvalue weighted by atomic mass is 35.5. The fourth-order valence-electron chi connectivity index (χ4n) is 6.54. The number of aliphatic hydroxyl groups excluding tert-OH is 3. The van der Waals surface area contributed by atoms with E-state index in [0.29, 0.717) is 53.6 Å². The standard InChI is InChI=1S/C11H11Cl3O3.C11H11Cl3O.2C11H13Cl3O.C11H11Cl3.3CH4/c12-8-3-1-7(2-4-8)5-9(15)6-11(13,14)10(16)17;1-11(13,14)6-9-10(15-9)7-2-4-8(12)5-3-7;1-11(13,14)7-10(15)6-8-2-4-9(12)5-3-8;1-11(13,14)7-6-10(15)8-2-4-9(12)5-3-8;1-11(13,14)8-2-3-9-4-6-10(12)7-5-9;;;/h1-4,9,15H,5-6H2,(H,16,17);2-5,9-10H,6H2,1H3;2*2-5,10,15H,6-7H2,1H3;2-7H,8H2,1H3;3*1H4/b;;;;3-2+;;;. The zero-order valence-electron chi connectivity index (χ0n) is 41.5. The van der Waals surface area contributed by atoms with Crippen molar-refractivity contribution in [3.05, 3.63) is 180 Å². The lowest BCUT2D eigenvalue weighted by Gasteiger charge is -2.18. The van der Waals surface area contributed by atoms with Gasteiger partial charge in [-0.05, 0) is 148 Å². The summed E-state index contributed by atoms with van der Waals surface area (Å²) >= 11 is 86.5. The Kier molecular flexibility index (Phi) is 39.3. The molecule has 0 saturated carbocycles. The molecule has 0 aromatic heterocycles. The molecule has 6 rings (SSSR count). The van der Waals surface area contributed by atoms with Crippen LogP contribution >= 0.6 is 174 Å². The highest BCUT2D eigenvalue weighted by Crippen LogP contribution is 2.45. The first kappa shape index (κ1) is 80.6. The molecule has 0 aliphatic carbocycles. The van der Waals surface area contributed by atoms with Crippen LogP contribution in [0.25, 0.3) is 6.08 Å². The van der Waals surface area contributed by atoms with Gasteiger partial charge in [0.15, 0.2) is 0 Å². The van der Waals surface area contributed by atoms with Crippen LogP contribution in [0.15, 0.2) is 127 Å². The average molecular weight is 1400 g/mol. The second-order valence-corrected chi connectivity index (χ2v) is 29.4. The quantitative estimate of drug-likeness (QED) is 0.0484. The van der Waals surface area contributed by atoms with Gasteiger partial charge in [-0.3, -0.25) is 0 Å². The predicted molar refractivity (Wildman–Crippen MR) is 349 cm³/mol. The SMILES string of the molecule is C.C.C.CC(Cl)(Cl)C/C=C/c1ccc(Cl)cc1.CC(Cl)(Cl)CC(O)Cc1ccc(Cl)cc1.CC(Cl)(Cl)CC1OC1c1ccc(Cl)cc1.CC(Cl)(Cl)CCC(O)c1ccc(Cl)cc1.O=C(O)C(Cl)(Cl)CC(O)Cc1ccc(Cl)cc1. The summed E-state index contributed by atoms with van der Waals surface area (Å²) < 4.78 is 0.465. The van der Waals surface area contributed by atoms with Crippen LogP contribution in [-0.2, 0) is 22.4 Å². The summed E-state index contributed by atoms with van der Waals surface area (Å²) in [6.45, 7) is 6.92. The number of hydrogen-bond donors (Lipinski definition) is 4. The number of carboxylic acid groups (broad SMARTS) is 1. The van der Waals surface area contributed by atoms with E-state index in [1.54, 1.807) is 88.4 Å². The third kappa shape index (κ3) is 39.7. The fourth-order valence-corrected chi connectivity index (χ4v) is 8.58. The lowest BCUT2D eigenvalue weighted by Crippen LogP contribution is -2.31. The molecule has 1 aliphatic rings. The molecule has 4 N–H and O–H groups in total. The predicted octanol–water partition coefficient (Wildman–Crippen LogP) is 22.3. The first-order valence-electron chi connectivity index (χ1n) is 23.2. The van der Waals surface area contributed by atoms with Crippen molar-refractivity contribution in [3.63, 3.8) is 0 Å². The zero-order valence-corrected chi connectivity index (χ0v) is 52.9. The first-order chi connectivity index (χ1) is 35.0. The molecule has 0 radical (unpaired) electrons. The third-order valence-corrected chi connectivity index (χ3v) is 13.5. The summed E-state index contributed by atoms with van der Waals surface area (Å²) in [6, 6.07) is 36.6. The van der Waals surface area contributed by atoms with Crippen LogP contribution in [-0.4, -0.2) is 66.4 Å². The maximum Gasteiger partial charge on any atom is 0.340 e. The van der Waals surface area contributed by atoms with Gasteiger partial charge < -0.3 is 25.2 Å². The number of allylic oxidation sites excluding steroid dienone is 1. The number of alkyl halides is 10. The molecule has 5 aromatic carbocycles. The fraction of sp³-hybridized carbons (Fsp3) is 0.431. The van der Waals surface area contributed by atoms with Crippen molar-refractivity contribution < 1.29 is 30.0 Å². The number of epoxide rings is 1. The van der Waals surface area contributed by atoms with Gasteiger partial charge in [0.1, 0.15) is 23.4 Å². The summed E-state index contributed by atoms with van der Waals surface area (Å²) in [5, 5.41) is 41.3. The number of carboxylic acids is 1. The molecule has 0 amide bonds. The molecular weight excluding hydrogens is 1320 g/mol. The van der Waals surface area contributed by atoms with Crippen molar-refractivity contribution in [1.82, 2.24) is 0 Å². The largest absolute Gasteiger partial charge is 0.479 e. The molecule has 1 saturated heterocycles. The number of rotatable bonds is 19. The Labute approximate surface area is 544 Å². The van der Waals surface area contributed by atoms with Gasteiger partial charge in [-0.15, -0.1) is 92.8 Å². The van der Waals surface area contributed by atoms with Crippen molar-refractivity contribution in [3.8, 4) is 0 Å². The van der Waals surface area contributed by atoms with Gasteiger partial charge >= 0.3 is 5.97 Å². The van der Waals surface area contributed by atoms with Gasteiger partial charge in [0, 0.05) is 44.4 Å². The summed E-state index contributed by atoms with van der Waals surface area (Å²) in [7, 11) is 0. The van der Waals surface area contributed by atoms with Crippen LogP contribution in [0.5, 0.6) is 0 Å². The zero-order chi connectivity index (χ0) is 57.7. The van der Waals surface area contributed by atoms with Crippen LogP contribution in [0.1, 0.15) is 129 Å². The minimum Gasteiger partial charge on any atom is -0.479 e. The van der Waals surface area contributed by atoms with Crippen molar-refractivity contribution in [2.24, 2.45) is 0 Å². The molecule has 444 valence electrons. The molecule has 0 spiro atoms. The Morgan fingerprint density at radius 1 is 0.532 bits per heavy atom. The van der Waals surface area contributed by atoms with Crippen LogP contribution in [0, 0.1) is 0 Å². The maximum absolute atomic E-state index is 10.7. The van der Waals surface area contributed by atoms with E-state index in [2.05, 4.69) is 0 Å². The summed E-state index contributed by atoms with van der Waals surface area (Å²) in [4.78, 5) is 10.7. The lowest BCUT2D eigenvalue weighted by molar-refractivity contribution is -0.138. The van der Waals surface area contributed by atoms with Gasteiger partial charge in [-0.25, -0.2) is 4.79 Å². The minimum absolute atomic E-state index is 0. The van der Waals surface area contributed by atoms with Crippen molar-refractivity contribution in [2.45, 2.75) is 154 Å². The number of benzene rings is 5. The molecule has 1 heterocycles. The second-order valence-electron chi connectivity index (χ2n) is 18.3. The number of aliphatic carboxylic acids is 1. The minimum atomic E-state index is -1.97. The molecule has 6 nitrogen and oxygen atoms in total. The van der Waals surface area contributed by atoms with Crippen LogP contribution in [0.4, 0.5) is 0 Å². The smallest absolute Gasteiger partial charge is 0.340 e. The van der Waals surface area contributed by atoms with E-state index in [4.69, 9.17) is 184 Å². The number of carbonyl (C=O) groups is 1. The van der Waals surface area contributed by atoms with Crippen LogP contribution in [0.3, 0.4) is 0 Å². The number of hydrogen-bond acceptors (Lipinski definition) is 5. The molecule has 21 heteroatoms. The van der Waals surface area contributed by atoms with E-state index in [1.807, 2.05) is 72.8 Å². The van der Waals surface area contributed by atoms with Crippen LogP contribution < -0.4 is 0 Å². The van der Waals surface area contributed by atoms with Crippen molar-refractivity contribution >= 4 is 186 Å². The molecule has 0 bridgehead atoms. The van der Waals surface area contributed by atoms with E-state index < -0.39 is 45.9 Å². The maximum atomic E-state index is 10.7. The molecule has 5 unspecified atom stereocenters. The van der Waals surface area contributed by atoms with Crippen molar-refractivity contribution in [2.75, 3.05) is 0 Å². The van der Waals surface area contributed by atoms with E-state index in [0.717, 1.165) is 37.9 Å². The monoisotopic (exact) mass is 1390 g/mol. The Hall–Kier alpha value is -0.500. The Balaban J connectivity index is 0. The highest BCUT2D eigenvalue weighted by Gasteiger charge is 2.43. The second kappa shape index (κ2) is 38.5. The van der Waals surface area contributed by atoms with Crippen molar-refractivity contribution in [1.29, 1.82) is 0 Å². The molecule has 1 fully saturated rings. The number of ether oxygens (including phenoxy) is 1. The van der Waals surface area contributed by atoms with Gasteiger partial charge in [0.25, 0.3) is 0 Å². The average Bonchev–Trinajstić information content (AvgIpc) is 4.05. The molecular formula is C58H71Cl15O6. The Morgan fingerprint density at radius 2 is 0.911 bits per heavy atom. The lowest BCUT2D eigenvalue weighted by atomic mass is 10.0. The molecule has 79 heavy (non-hydrogen) atoms. The van der Waals surface area contributed by atoms with Gasteiger partial charge in [-0.1, -0.05) is 176 Å². The topological polar surface area (TPSA) is 111 Å². The summed E-state index contributed by atoms with van der Waals surface area (Å²) in [5.41, 5.74) is 4.90. The van der Waals surface area contributed by atoms with Gasteiger partial charge in [0.05, 0.1) is 24.4 Å². The van der Waals surface area contributed by atoms with E-state index >= 15 is 0 Å². The number of aliphatic hydroxyl groups is 3. The summed E-state index contributed by atoms with van der Waals surface area (Å²) in [6.07, 6.45) is 5.42. The third-order valence-electron chi connectivity index (χ3n) is 10.3. The normalized spacial score (nSPS) is 15.2. The van der Waals surface area contributed by atoms with E-state index in [-0.39, 0.29) is 47.3 Å². The van der Waals surface area contributed by atoms with Gasteiger partial charge in [-0.2, -0.15) is 0 Å². The first-order valence-corrected chi connectivity index (χ1v) is 28.9. The van der Waals surface area contributed by atoms with Gasteiger partial charge in [0.2, 0.25) is 4.33 Å². The van der Waals surface area contributed by atoms with E-state index in [9.17, 15) is 20.1 Å². The Morgan fingerprint density at radius 3 is 1.28 bits per heavy atom.